The van der Waals surface area contributed by atoms with Crippen molar-refractivity contribution in [3.05, 3.63) is 121 Å². The number of rotatable bonds is 5. The summed E-state index contributed by atoms with van der Waals surface area (Å²) in [7, 11) is 0. The van der Waals surface area contributed by atoms with E-state index >= 15 is 0 Å². The van der Waals surface area contributed by atoms with E-state index in [1.807, 2.05) is 103 Å². The fraction of sp³-hybridized carbons (Fsp3) is 0. The molecule has 0 radical (unpaired) electrons. The lowest BCUT2D eigenvalue weighted by atomic mass is 10.1. The van der Waals surface area contributed by atoms with E-state index in [4.69, 9.17) is 0 Å². The number of hydrogen-bond acceptors (Lipinski definition) is 3. The Morgan fingerprint density at radius 3 is 1.68 bits per heavy atom. The molecular formula is C25H19N5O. The van der Waals surface area contributed by atoms with Crippen molar-refractivity contribution >= 4 is 17.3 Å². The number of hydrogen-bond donors (Lipinski definition) is 0. The Bertz CT molecular complexity index is 1220. The van der Waals surface area contributed by atoms with Gasteiger partial charge in [-0.3, -0.25) is 9.69 Å². The van der Waals surface area contributed by atoms with Crippen LogP contribution < -0.4 is 4.90 Å². The molecule has 0 N–H and O–H groups in total. The zero-order valence-corrected chi connectivity index (χ0v) is 16.6. The summed E-state index contributed by atoms with van der Waals surface area (Å²) in [6.45, 7) is 0. The normalized spacial score (nSPS) is 10.7. The topological polar surface area (TPSA) is 56.0 Å². The molecule has 0 fully saturated rings. The first kappa shape index (κ1) is 18.6. The Labute approximate surface area is 179 Å². The minimum atomic E-state index is -0.115. The second kappa shape index (κ2) is 8.12. The molecule has 1 amide bonds. The zero-order valence-electron chi connectivity index (χ0n) is 16.6. The second-order valence-electron chi connectivity index (χ2n) is 6.95. The van der Waals surface area contributed by atoms with E-state index in [0.29, 0.717) is 5.56 Å². The maximum Gasteiger partial charge on any atom is 0.262 e. The van der Waals surface area contributed by atoms with Gasteiger partial charge in [-0.05, 0) is 60.7 Å². The predicted molar refractivity (Wildman–Crippen MR) is 120 cm³/mol. The van der Waals surface area contributed by atoms with E-state index in [2.05, 4.69) is 10.2 Å². The average Bonchev–Trinajstić information content (AvgIpc) is 3.55. The summed E-state index contributed by atoms with van der Waals surface area (Å²) in [5, 5.41) is 8.62. The van der Waals surface area contributed by atoms with E-state index in [1.165, 1.54) is 0 Å². The minimum Gasteiger partial charge on any atom is -0.277 e. The van der Waals surface area contributed by atoms with Crippen molar-refractivity contribution in [2.45, 2.75) is 0 Å². The van der Waals surface area contributed by atoms with Crippen LogP contribution in [0.25, 0.3) is 11.4 Å². The van der Waals surface area contributed by atoms with Gasteiger partial charge in [-0.25, -0.2) is 9.36 Å². The van der Waals surface area contributed by atoms with Gasteiger partial charge in [0.05, 0.1) is 22.7 Å². The van der Waals surface area contributed by atoms with Gasteiger partial charge in [-0.15, -0.1) is 0 Å². The molecule has 3 aromatic carbocycles. The van der Waals surface area contributed by atoms with Gasteiger partial charge in [0.25, 0.3) is 5.91 Å². The third kappa shape index (κ3) is 3.74. The van der Waals surface area contributed by atoms with Crippen LogP contribution in [0, 0.1) is 0 Å². The lowest BCUT2D eigenvalue weighted by Crippen LogP contribution is -2.26. The Balaban J connectivity index is 1.64. The Kier molecular flexibility index (Phi) is 4.86. The summed E-state index contributed by atoms with van der Waals surface area (Å²) in [6.07, 6.45) is 7.21. The van der Waals surface area contributed by atoms with Crippen LogP contribution >= 0.6 is 0 Å². The van der Waals surface area contributed by atoms with Crippen LogP contribution in [0.2, 0.25) is 0 Å². The van der Waals surface area contributed by atoms with Gasteiger partial charge < -0.3 is 0 Å². The van der Waals surface area contributed by atoms with Crippen LogP contribution in [0.3, 0.4) is 0 Å². The number of anilines is 2. The Morgan fingerprint density at radius 1 is 0.645 bits per heavy atom. The number of carbonyl (C=O) groups excluding carboxylic acids is 1. The molecule has 150 valence electrons. The number of amides is 1. The summed E-state index contributed by atoms with van der Waals surface area (Å²) >= 11 is 0. The molecule has 6 heteroatoms. The van der Waals surface area contributed by atoms with Gasteiger partial charge in [0.1, 0.15) is 0 Å². The maximum absolute atomic E-state index is 13.6. The molecule has 2 aromatic heterocycles. The highest BCUT2D eigenvalue weighted by Crippen LogP contribution is 2.30. The number of carbonyl (C=O) groups is 1. The monoisotopic (exact) mass is 405 g/mol. The van der Waals surface area contributed by atoms with Crippen LogP contribution in [-0.2, 0) is 0 Å². The van der Waals surface area contributed by atoms with Crippen molar-refractivity contribution in [1.29, 1.82) is 0 Å². The summed E-state index contributed by atoms with van der Waals surface area (Å²) in [4.78, 5) is 15.3. The Hall–Kier alpha value is -4.45. The van der Waals surface area contributed by atoms with E-state index in [-0.39, 0.29) is 5.91 Å². The average molecular weight is 405 g/mol. The largest absolute Gasteiger partial charge is 0.277 e. The second-order valence-corrected chi connectivity index (χ2v) is 6.95. The molecule has 0 spiro atoms. The Morgan fingerprint density at radius 2 is 1.19 bits per heavy atom. The molecule has 31 heavy (non-hydrogen) atoms. The first-order valence-corrected chi connectivity index (χ1v) is 9.89. The van der Waals surface area contributed by atoms with Gasteiger partial charge in [-0.2, -0.15) is 10.2 Å². The molecule has 0 atom stereocenters. The standard InChI is InChI=1S/C25H19N5O/c31-25(20-8-2-1-3-9-20)30(23-12-4-10-21(18-23)28-16-6-14-26-28)24-13-5-11-22(19-24)29-17-7-15-27-29/h1-19H. The van der Waals surface area contributed by atoms with Crippen LogP contribution in [0.4, 0.5) is 11.4 Å². The molecule has 5 rings (SSSR count). The molecule has 0 saturated heterocycles. The zero-order chi connectivity index (χ0) is 21.0. The van der Waals surface area contributed by atoms with Crippen molar-refractivity contribution < 1.29 is 4.79 Å². The van der Waals surface area contributed by atoms with Crippen LogP contribution in [0.5, 0.6) is 0 Å². The van der Waals surface area contributed by atoms with Crippen molar-refractivity contribution in [2.75, 3.05) is 4.90 Å². The van der Waals surface area contributed by atoms with Crippen molar-refractivity contribution in [3.63, 3.8) is 0 Å². The van der Waals surface area contributed by atoms with Crippen molar-refractivity contribution in [2.24, 2.45) is 0 Å². The summed E-state index contributed by atoms with van der Waals surface area (Å²) in [6, 6.07) is 28.5. The first-order valence-electron chi connectivity index (χ1n) is 9.89. The van der Waals surface area contributed by atoms with Crippen LogP contribution in [0.15, 0.2) is 116 Å². The third-order valence-corrected chi connectivity index (χ3v) is 4.94. The number of benzene rings is 3. The smallest absolute Gasteiger partial charge is 0.262 e. The molecular weight excluding hydrogens is 386 g/mol. The first-order chi connectivity index (χ1) is 15.3. The van der Waals surface area contributed by atoms with Gasteiger partial charge in [0.2, 0.25) is 0 Å². The fourth-order valence-electron chi connectivity index (χ4n) is 3.49. The van der Waals surface area contributed by atoms with Crippen LogP contribution in [0.1, 0.15) is 10.4 Å². The highest BCUT2D eigenvalue weighted by Gasteiger charge is 2.21. The molecule has 0 aliphatic heterocycles. The van der Waals surface area contributed by atoms with E-state index in [1.54, 1.807) is 26.7 Å². The molecule has 2 heterocycles. The SMILES string of the molecule is O=C(c1ccccc1)N(c1cccc(-n2cccn2)c1)c1cccc(-n2cccn2)c1. The number of aromatic nitrogens is 4. The minimum absolute atomic E-state index is 0.115. The predicted octanol–water partition coefficient (Wildman–Crippen LogP) is 5.04. The molecule has 0 bridgehead atoms. The maximum atomic E-state index is 13.6. The van der Waals surface area contributed by atoms with Crippen molar-refractivity contribution in [3.8, 4) is 11.4 Å². The van der Waals surface area contributed by atoms with E-state index in [9.17, 15) is 4.79 Å². The quantitative estimate of drug-likeness (QED) is 0.412. The molecule has 6 nitrogen and oxygen atoms in total. The summed E-state index contributed by atoms with van der Waals surface area (Å²) < 4.78 is 3.55. The molecule has 0 saturated carbocycles. The lowest BCUT2D eigenvalue weighted by molar-refractivity contribution is 0.0999. The highest BCUT2D eigenvalue weighted by atomic mass is 16.2. The summed E-state index contributed by atoms with van der Waals surface area (Å²) in [5.74, 6) is -0.115. The molecule has 0 aliphatic carbocycles. The van der Waals surface area contributed by atoms with Gasteiger partial charge in [0, 0.05) is 30.4 Å². The molecule has 0 unspecified atom stereocenters. The van der Waals surface area contributed by atoms with E-state index < -0.39 is 0 Å². The highest BCUT2D eigenvalue weighted by molar-refractivity contribution is 6.11. The third-order valence-electron chi connectivity index (χ3n) is 4.94. The molecule has 0 aliphatic rings. The van der Waals surface area contributed by atoms with Gasteiger partial charge in [-0.1, -0.05) is 30.3 Å². The summed E-state index contributed by atoms with van der Waals surface area (Å²) in [5.41, 5.74) is 3.85. The van der Waals surface area contributed by atoms with Gasteiger partial charge >= 0.3 is 0 Å². The lowest BCUT2D eigenvalue weighted by Gasteiger charge is -2.24. The van der Waals surface area contributed by atoms with Crippen LogP contribution in [-0.4, -0.2) is 25.5 Å². The fourth-order valence-corrected chi connectivity index (χ4v) is 3.49. The van der Waals surface area contributed by atoms with Crippen molar-refractivity contribution in [1.82, 2.24) is 19.6 Å². The number of nitrogens with zero attached hydrogens (tertiary/aromatic N) is 5. The molecule has 5 aromatic rings. The van der Waals surface area contributed by atoms with Gasteiger partial charge in [0.15, 0.2) is 0 Å². The van der Waals surface area contributed by atoms with E-state index in [0.717, 1.165) is 22.7 Å².